The number of ether oxygens (including phenoxy) is 3. The molecule has 0 radical (unpaired) electrons. The zero-order chi connectivity index (χ0) is 21.1. The Morgan fingerprint density at radius 1 is 0.759 bits per heavy atom. The maximum absolute atomic E-state index is 10.2. The molecule has 2 heterocycles. The molecule has 2 aliphatic heterocycles. The van der Waals surface area contributed by atoms with Crippen molar-refractivity contribution in [1.29, 1.82) is 0 Å². The molecular weight excluding hydrogens is 408 g/mol. The molecule has 2 fully saturated rings. The fourth-order valence-corrected chi connectivity index (χ4v) is 4.26. The molecule has 3 rings (SSSR count). The fourth-order valence-electron chi connectivity index (χ4n) is 3.18. The van der Waals surface area contributed by atoms with Gasteiger partial charge in [0.25, 0.3) is 0 Å². The molecule has 1 aromatic rings. The SMILES string of the molecule is OC[C@H]1O[C@H](OC[C@H]2O[C@@H](Sc3ccccc3)[C@H](O)[C@@H](O)[C@@H]2O)[C@H](O)[C@@H](O)[C@@H]1O. The minimum Gasteiger partial charge on any atom is -0.394 e. The summed E-state index contributed by atoms with van der Waals surface area (Å²) in [4.78, 5) is 0.786. The normalized spacial score (nSPS) is 43.3. The molecule has 11 heteroatoms. The van der Waals surface area contributed by atoms with Gasteiger partial charge in [-0.2, -0.15) is 0 Å². The minimum atomic E-state index is -1.60. The van der Waals surface area contributed by atoms with Crippen LogP contribution in [0.4, 0.5) is 0 Å². The van der Waals surface area contributed by atoms with Gasteiger partial charge in [0.1, 0.15) is 54.3 Å². The van der Waals surface area contributed by atoms with E-state index in [1.54, 1.807) is 12.1 Å². The highest BCUT2D eigenvalue weighted by atomic mass is 32.2. The second-order valence-corrected chi connectivity index (χ2v) is 8.15. The number of aliphatic hydroxyl groups is 7. The lowest BCUT2D eigenvalue weighted by atomic mass is 9.99. The topological polar surface area (TPSA) is 169 Å². The van der Waals surface area contributed by atoms with Gasteiger partial charge >= 0.3 is 0 Å². The van der Waals surface area contributed by atoms with Gasteiger partial charge in [0.2, 0.25) is 0 Å². The quantitative estimate of drug-likeness (QED) is 0.251. The maximum atomic E-state index is 10.2. The van der Waals surface area contributed by atoms with Crippen LogP contribution >= 0.6 is 11.8 Å². The van der Waals surface area contributed by atoms with E-state index in [1.807, 2.05) is 18.2 Å². The van der Waals surface area contributed by atoms with Gasteiger partial charge in [0.05, 0.1) is 13.2 Å². The smallest absolute Gasteiger partial charge is 0.186 e. The summed E-state index contributed by atoms with van der Waals surface area (Å²) in [6.45, 7) is -0.951. The average Bonchev–Trinajstić information content (AvgIpc) is 2.73. The summed E-state index contributed by atoms with van der Waals surface area (Å²) in [7, 11) is 0. The molecule has 164 valence electrons. The molecule has 10 atom stereocenters. The molecule has 0 aromatic heterocycles. The molecule has 1 aromatic carbocycles. The predicted octanol–water partition coefficient (Wildman–Crippen LogP) is -2.60. The predicted molar refractivity (Wildman–Crippen MR) is 98.7 cm³/mol. The summed E-state index contributed by atoms with van der Waals surface area (Å²) in [5.74, 6) is 0. The molecular formula is C18H26O10S. The second kappa shape index (κ2) is 9.98. The van der Waals surface area contributed by atoms with Crippen LogP contribution in [-0.2, 0) is 14.2 Å². The zero-order valence-electron chi connectivity index (χ0n) is 15.3. The Hall–Kier alpha value is -0.830. The van der Waals surface area contributed by atoms with Crippen LogP contribution in [0.1, 0.15) is 0 Å². The molecule has 29 heavy (non-hydrogen) atoms. The Kier molecular flexibility index (Phi) is 7.87. The van der Waals surface area contributed by atoms with Crippen molar-refractivity contribution >= 4 is 11.8 Å². The number of hydrogen-bond acceptors (Lipinski definition) is 11. The number of rotatable bonds is 6. The van der Waals surface area contributed by atoms with Gasteiger partial charge < -0.3 is 50.0 Å². The molecule has 0 spiro atoms. The lowest BCUT2D eigenvalue weighted by Crippen LogP contribution is -2.61. The van der Waals surface area contributed by atoms with Gasteiger partial charge in [-0.15, -0.1) is 0 Å². The third-order valence-electron chi connectivity index (χ3n) is 4.94. The fraction of sp³-hybridized carbons (Fsp3) is 0.667. The van der Waals surface area contributed by atoms with E-state index in [0.29, 0.717) is 0 Å². The first-order valence-electron chi connectivity index (χ1n) is 9.17. The molecule has 2 saturated heterocycles. The minimum absolute atomic E-state index is 0.348. The van der Waals surface area contributed by atoms with Crippen LogP contribution in [0, 0.1) is 0 Å². The molecule has 0 amide bonds. The average molecular weight is 434 g/mol. The number of aliphatic hydroxyl groups excluding tert-OH is 7. The summed E-state index contributed by atoms with van der Waals surface area (Å²) in [5.41, 5.74) is -0.890. The Morgan fingerprint density at radius 3 is 2.03 bits per heavy atom. The Bertz CT molecular complexity index is 634. The third-order valence-corrected chi connectivity index (χ3v) is 6.10. The van der Waals surface area contributed by atoms with E-state index in [-0.39, 0.29) is 6.61 Å². The number of benzene rings is 1. The molecule has 0 saturated carbocycles. The summed E-state index contributed by atoms with van der Waals surface area (Å²) in [5, 5.41) is 69.5. The maximum Gasteiger partial charge on any atom is 0.186 e. The van der Waals surface area contributed by atoms with Crippen LogP contribution in [0.25, 0.3) is 0 Å². The van der Waals surface area contributed by atoms with Crippen LogP contribution in [0.3, 0.4) is 0 Å². The van der Waals surface area contributed by atoms with Crippen LogP contribution in [0.15, 0.2) is 35.2 Å². The van der Waals surface area contributed by atoms with Gasteiger partial charge in [-0.1, -0.05) is 30.0 Å². The van der Waals surface area contributed by atoms with Crippen molar-refractivity contribution in [1.82, 2.24) is 0 Å². The van der Waals surface area contributed by atoms with Crippen LogP contribution in [-0.4, -0.2) is 110 Å². The van der Waals surface area contributed by atoms with Crippen LogP contribution in [0.5, 0.6) is 0 Å². The van der Waals surface area contributed by atoms with E-state index in [0.717, 1.165) is 16.7 Å². The molecule has 0 unspecified atom stereocenters. The van der Waals surface area contributed by atoms with E-state index in [4.69, 9.17) is 14.2 Å². The van der Waals surface area contributed by atoms with Crippen LogP contribution in [0.2, 0.25) is 0 Å². The van der Waals surface area contributed by atoms with Crippen molar-refractivity contribution in [3.8, 4) is 0 Å². The molecule has 0 aliphatic carbocycles. The van der Waals surface area contributed by atoms with Crippen molar-refractivity contribution in [2.75, 3.05) is 13.2 Å². The third kappa shape index (κ3) is 5.09. The van der Waals surface area contributed by atoms with E-state index < -0.39 is 67.2 Å². The monoisotopic (exact) mass is 434 g/mol. The Balaban J connectivity index is 1.63. The lowest BCUT2D eigenvalue weighted by molar-refractivity contribution is -0.311. The van der Waals surface area contributed by atoms with Crippen molar-refractivity contribution < 1.29 is 50.0 Å². The first-order chi connectivity index (χ1) is 13.8. The first-order valence-corrected chi connectivity index (χ1v) is 10.0. The lowest BCUT2D eigenvalue weighted by Gasteiger charge is -2.42. The van der Waals surface area contributed by atoms with Gasteiger partial charge in [-0.05, 0) is 12.1 Å². The van der Waals surface area contributed by atoms with Gasteiger partial charge in [-0.3, -0.25) is 0 Å². The highest BCUT2D eigenvalue weighted by Crippen LogP contribution is 2.33. The molecule has 7 N–H and O–H groups in total. The molecule has 10 nitrogen and oxygen atoms in total. The number of thioether (sulfide) groups is 1. The van der Waals surface area contributed by atoms with E-state index in [2.05, 4.69) is 0 Å². The van der Waals surface area contributed by atoms with E-state index in [9.17, 15) is 35.7 Å². The summed E-state index contributed by atoms with van der Waals surface area (Å²) in [6.07, 6.45) is -12.6. The standard InChI is InChI=1S/C18H26O10S/c19-6-9-11(20)13(22)15(24)17(27-9)26-7-10-12(21)14(23)16(25)18(28-10)29-8-4-2-1-3-5-8/h1-5,9-25H,6-7H2/t9-,10-,11-,12-,13+,14+,15-,16-,17+,18+/m1/s1. The highest BCUT2D eigenvalue weighted by Gasteiger charge is 2.47. The van der Waals surface area contributed by atoms with E-state index >= 15 is 0 Å². The summed E-state index contributed by atoms with van der Waals surface area (Å²) >= 11 is 1.16. The van der Waals surface area contributed by atoms with Gasteiger partial charge in [0, 0.05) is 4.90 Å². The van der Waals surface area contributed by atoms with Gasteiger partial charge in [0.15, 0.2) is 6.29 Å². The zero-order valence-corrected chi connectivity index (χ0v) is 16.2. The van der Waals surface area contributed by atoms with Crippen molar-refractivity contribution in [2.24, 2.45) is 0 Å². The largest absolute Gasteiger partial charge is 0.394 e. The summed E-state index contributed by atoms with van der Waals surface area (Å²) < 4.78 is 16.3. The first kappa shape index (κ1) is 22.8. The highest BCUT2D eigenvalue weighted by molar-refractivity contribution is 7.99. The van der Waals surface area contributed by atoms with E-state index in [1.165, 1.54) is 0 Å². The van der Waals surface area contributed by atoms with Crippen molar-refractivity contribution in [3.05, 3.63) is 30.3 Å². The van der Waals surface area contributed by atoms with Crippen molar-refractivity contribution in [3.63, 3.8) is 0 Å². The Morgan fingerprint density at radius 2 is 1.38 bits per heavy atom. The molecule has 2 aliphatic rings. The number of hydrogen-bond donors (Lipinski definition) is 7. The Labute approximate surface area is 171 Å². The van der Waals surface area contributed by atoms with Gasteiger partial charge in [-0.25, -0.2) is 0 Å². The second-order valence-electron chi connectivity index (χ2n) is 6.98. The molecule has 0 bridgehead atoms. The van der Waals surface area contributed by atoms with Crippen molar-refractivity contribution in [2.45, 2.75) is 65.5 Å². The summed E-state index contributed by atoms with van der Waals surface area (Å²) in [6, 6.07) is 9.05. The van der Waals surface area contributed by atoms with Crippen LogP contribution < -0.4 is 0 Å².